The molecule has 0 saturated heterocycles. The Hall–Kier alpha value is -1.67. The number of nitrogens with zero attached hydrogens (tertiary/aromatic N) is 1. The molecule has 1 aromatic carbocycles. The highest BCUT2D eigenvalue weighted by Gasteiger charge is 2.07. The van der Waals surface area contributed by atoms with E-state index in [2.05, 4.69) is 36.2 Å². The second-order valence-electron chi connectivity index (χ2n) is 4.78. The summed E-state index contributed by atoms with van der Waals surface area (Å²) in [5.41, 5.74) is 4.41. The first-order chi connectivity index (χ1) is 8.65. The van der Waals surface area contributed by atoms with Crippen molar-refractivity contribution in [2.75, 3.05) is 0 Å². The molecule has 1 atom stereocenters. The molecule has 1 aromatic heterocycles. The number of aliphatic hydroxyl groups is 1. The van der Waals surface area contributed by atoms with Gasteiger partial charge in [-0.15, -0.1) is 0 Å². The Bertz CT molecular complexity index is 505. The summed E-state index contributed by atoms with van der Waals surface area (Å²) in [7, 11) is 0. The molecule has 0 bridgehead atoms. The van der Waals surface area contributed by atoms with Crippen molar-refractivity contribution in [1.82, 2.24) is 4.98 Å². The zero-order valence-corrected chi connectivity index (χ0v) is 10.9. The lowest BCUT2D eigenvalue weighted by Gasteiger charge is -2.11. The number of aryl methyl sites for hydroxylation is 3. The summed E-state index contributed by atoms with van der Waals surface area (Å²) in [5, 5.41) is 10.1. The molecule has 0 amide bonds. The molecule has 2 rings (SSSR count). The van der Waals surface area contributed by atoms with E-state index in [1.807, 2.05) is 19.1 Å². The van der Waals surface area contributed by atoms with Crippen LogP contribution in [0.1, 0.15) is 34.9 Å². The van der Waals surface area contributed by atoms with E-state index in [9.17, 15) is 5.11 Å². The summed E-state index contributed by atoms with van der Waals surface area (Å²) in [6, 6.07) is 12.3. The van der Waals surface area contributed by atoms with E-state index >= 15 is 0 Å². The molecule has 0 spiro atoms. The molecule has 94 valence electrons. The van der Waals surface area contributed by atoms with Crippen LogP contribution in [0.25, 0.3) is 0 Å². The molecule has 0 fully saturated rings. The summed E-state index contributed by atoms with van der Waals surface area (Å²) in [6.45, 7) is 4.03. The Labute approximate surface area is 108 Å². The van der Waals surface area contributed by atoms with Crippen LogP contribution in [0.4, 0.5) is 0 Å². The van der Waals surface area contributed by atoms with Crippen LogP contribution in [0.5, 0.6) is 0 Å². The third-order valence-corrected chi connectivity index (χ3v) is 3.11. The second kappa shape index (κ2) is 5.78. The van der Waals surface area contributed by atoms with Crippen molar-refractivity contribution in [3.05, 3.63) is 65.0 Å². The van der Waals surface area contributed by atoms with Crippen molar-refractivity contribution < 1.29 is 5.11 Å². The highest BCUT2D eigenvalue weighted by atomic mass is 16.3. The number of pyridine rings is 1. The van der Waals surface area contributed by atoms with E-state index < -0.39 is 6.10 Å². The van der Waals surface area contributed by atoms with E-state index in [1.54, 1.807) is 6.20 Å². The predicted molar refractivity (Wildman–Crippen MR) is 73.4 cm³/mol. The number of hydrogen-bond acceptors (Lipinski definition) is 2. The number of aromatic nitrogens is 1. The number of rotatable bonds is 4. The van der Waals surface area contributed by atoms with Gasteiger partial charge in [-0.2, -0.15) is 0 Å². The molecular formula is C16H19NO. The van der Waals surface area contributed by atoms with Gasteiger partial charge >= 0.3 is 0 Å². The average molecular weight is 241 g/mol. The Kier molecular flexibility index (Phi) is 4.11. The van der Waals surface area contributed by atoms with Gasteiger partial charge < -0.3 is 5.11 Å². The molecule has 1 N–H and O–H groups in total. The smallest absolute Gasteiger partial charge is 0.0808 e. The van der Waals surface area contributed by atoms with Crippen LogP contribution < -0.4 is 0 Å². The van der Waals surface area contributed by atoms with E-state index in [4.69, 9.17) is 0 Å². The molecule has 0 aliphatic carbocycles. The minimum absolute atomic E-state index is 0.432. The fraction of sp³-hybridized carbons (Fsp3) is 0.312. The van der Waals surface area contributed by atoms with Gasteiger partial charge in [0.2, 0.25) is 0 Å². The summed E-state index contributed by atoms with van der Waals surface area (Å²) in [5.74, 6) is 0. The zero-order valence-electron chi connectivity index (χ0n) is 10.9. The van der Waals surface area contributed by atoms with Gasteiger partial charge in [0, 0.05) is 11.9 Å². The van der Waals surface area contributed by atoms with Gasteiger partial charge in [-0.05, 0) is 43.9 Å². The molecule has 2 heteroatoms. The minimum Gasteiger partial charge on any atom is -0.388 e. The fourth-order valence-corrected chi connectivity index (χ4v) is 2.01. The van der Waals surface area contributed by atoms with Crippen LogP contribution in [-0.2, 0) is 6.42 Å². The molecular weight excluding hydrogens is 222 g/mol. The van der Waals surface area contributed by atoms with Gasteiger partial charge in [0.15, 0.2) is 0 Å². The van der Waals surface area contributed by atoms with Crippen LogP contribution in [0.2, 0.25) is 0 Å². The largest absolute Gasteiger partial charge is 0.388 e. The molecule has 1 heterocycles. The van der Waals surface area contributed by atoms with Crippen LogP contribution in [0, 0.1) is 13.8 Å². The Balaban J connectivity index is 1.96. The van der Waals surface area contributed by atoms with Crippen molar-refractivity contribution in [3.63, 3.8) is 0 Å². The van der Waals surface area contributed by atoms with Gasteiger partial charge in [-0.3, -0.25) is 4.98 Å². The topological polar surface area (TPSA) is 33.1 Å². The summed E-state index contributed by atoms with van der Waals surface area (Å²) in [4.78, 5) is 4.21. The lowest BCUT2D eigenvalue weighted by atomic mass is 10.0. The monoisotopic (exact) mass is 241 g/mol. The summed E-state index contributed by atoms with van der Waals surface area (Å²) < 4.78 is 0. The fourth-order valence-electron chi connectivity index (χ4n) is 2.01. The molecule has 0 aliphatic rings. The van der Waals surface area contributed by atoms with E-state index in [-0.39, 0.29) is 0 Å². The molecule has 18 heavy (non-hydrogen) atoms. The van der Waals surface area contributed by atoms with Crippen molar-refractivity contribution in [2.24, 2.45) is 0 Å². The van der Waals surface area contributed by atoms with Crippen molar-refractivity contribution in [1.29, 1.82) is 0 Å². The lowest BCUT2D eigenvalue weighted by Crippen LogP contribution is -2.00. The Morgan fingerprint density at radius 1 is 1.17 bits per heavy atom. The third kappa shape index (κ3) is 3.41. The van der Waals surface area contributed by atoms with Gasteiger partial charge in [-0.25, -0.2) is 0 Å². The molecule has 2 aromatic rings. The zero-order chi connectivity index (χ0) is 13.0. The van der Waals surface area contributed by atoms with E-state index in [1.165, 1.54) is 11.1 Å². The maximum Gasteiger partial charge on any atom is 0.0808 e. The van der Waals surface area contributed by atoms with E-state index in [0.29, 0.717) is 0 Å². The quantitative estimate of drug-likeness (QED) is 0.890. The minimum atomic E-state index is -0.432. The van der Waals surface area contributed by atoms with Gasteiger partial charge in [0.25, 0.3) is 0 Å². The van der Waals surface area contributed by atoms with Crippen molar-refractivity contribution in [3.8, 4) is 0 Å². The van der Waals surface area contributed by atoms with Crippen molar-refractivity contribution >= 4 is 0 Å². The number of benzene rings is 1. The Morgan fingerprint density at radius 3 is 2.67 bits per heavy atom. The van der Waals surface area contributed by atoms with Gasteiger partial charge in [0.05, 0.1) is 6.10 Å². The average Bonchev–Trinajstić information content (AvgIpc) is 2.37. The Morgan fingerprint density at radius 2 is 2.00 bits per heavy atom. The maximum absolute atomic E-state index is 10.1. The standard InChI is InChI=1S/C16H19NO/c1-12-4-3-5-14(10-12)7-9-16(18)15-8-6-13(2)17-11-15/h3-6,8,10-11,16,18H,7,9H2,1-2H3. The van der Waals surface area contributed by atoms with Gasteiger partial charge in [0.1, 0.15) is 0 Å². The van der Waals surface area contributed by atoms with Crippen molar-refractivity contribution in [2.45, 2.75) is 32.8 Å². The molecule has 0 radical (unpaired) electrons. The van der Waals surface area contributed by atoms with Crippen LogP contribution >= 0.6 is 0 Å². The molecule has 2 nitrogen and oxygen atoms in total. The molecule has 0 aliphatic heterocycles. The first kappa shape index (κ1) is 12.8. The first-order valence-corrected chi connectivity index (χ1v) is 6.31. The molecule has 1 unspecified atom stereocenters. The maximum atomic E-state index is 10.1. The van der Waals surface area contributed by atoms with Gasteiger partial charge in [-0.1, -0.05) is 35.9 Å². The van der Waals surface area contributed by atoms with E-state index in [0.717, 1.165) is 24.1 Å². The normalized spacial score (nSPS) is 12.4. The summed E-state index contributed by atoms with van der Waals surface area (Å²) in [6.07, 6.45) is 2.94. The highest BCUT2D eigenvalue weighted by molar-refractivity contribution is 5.23. The lowest BCUT2D eigenvalue weighted by molar-refractivity contribution is 0.167. The third-order valence-electron chi connectivity index (χ3n) is 3.11. The SMILES string of the molecule is Cc1cccc(CCC(O)c2ccc(C)nc2)c1. The van der Waals surface area contributed by atoms with Crippen LogP contribution in [-0.4, -0.2) is 10.1 Å². The molecule has 0 saturated carbocycles. The van der Waals surface area contributed by atoms with Crippen LogP contribution in [0.3, 0.4) is 0 Å². The second-order valence-corrected chi connectivity index (χ2v) is 4.78. The summed E-state index contributed by atoms with van der Waals surface area (Å²) >= 11 is 0. The van der Waals surface area contributed by atoms with Crippen LogP contribution in [0.15, 0.2) is 42.6 Å². The number of hydrogen-bond donors (Lipinski definition) is 1. The predicted octanol–water partition coefficient (Wildman–Crippen LogP) is 3.36. The number of aliphatic hydroxyl groups excluding tert-OH is 1. The first-order valence-electron chi connectivity index (χ1n) is 6.31. The highest BCUT2D eigenvalue weighted by Crippen LogP contribution is 2.18.